The van der Waals surface area contributed by atoms with Gasteiger partial charge in [-0.05, 0) is 60.8 Å². The van der Waals surface area contributed by atoms with E-state index in [-0.39, 0.29) is 0 Å². The van der Waals surface area contributed by atoms with E-state index in [0.29, 0.717) is 32.1 Å². The Morgan fingerprint density at radius 2 is 1.95 bits per heavy atom. The fourth-order valence-corrected chi connectivity index (χ4v) is 7.19. The summed E-state index contributed by atoms with van der Waals surface area (Å²) in [7, 11) is -3.42. The van der Waals surface area contributed by atoms with E-state index in [0.717, 1.165) is 25.9 Å². The van der Waals surface area contributed by atoms with E-state index < -0.39 is 10.0 Å². The third kappa shape index (κ3) is 3.33. The predicted octanol–water partition coefficient (Wildman–Crippen LogP) is 3.41. The molecule has 2 fully saturated rings. The molecule has 8 heteroatoms. The second kappa shape index (κ2) is 6.45. The van der Waals surface area contributed by atoms with Gasteiger partial charge in [-0.3, -0.25) is 4.90 Å². The van der Waals surface area contributed by atoms with E-state index >= 15 is 0 Å². The van der Waals surface area contributed by atoms with Gasteiger partial charge in [-0.2, -0.15) is 4.31 Å². The van der Waals surface area contributed by atoms with Crippen LogP contribution in [-0.4, -0.2) is 49.8 Å². The number of nitrogens with zero attached hydrogens (tertiary/aromatic N) is 2. The lowest BCUT2D eigenvalue weighted by Crippen LogP contribution is -2.48. The normalized spacial score (nSPS) is 25.5. The summed E-state index contributed by atoms with van der Waals surface area (Å²) in [6, 6.07) is 1.92. The molecule has 0 spiro atoms. The number of hydrogen-bond acceptors (Lipinski definition) is 4. The van der Waals surface area contributed by atoms with E-state index in [9.17, 15) is 8.42 Å². The molecular weight excluding hydrogens is 396 g/mol. The number of likely N-dealkylation sites (tertiary alicyclic amines) is 1. The molecule has 1 atom stereocenters. The molecule has 118 valence electrons. The van der Waals surface area contributed by atoms with E-state index in [2.05, 4.69) is 20.8 Å². The minimum absolute atomic E-state index is 0.335. The van der Waals surface area contributed by atoms with Crippen LogP contribution in [-0.2, 0) is 10.0 Å². The Bertz CT molecular complexity index is 594. The molecule has 2 saturated heterocycles. The maximum absolute atomic E-state index is 12.8. The number of halogens is 2. The highest BCUT2D eigenvalue weighted by Gasteiger charge is 2.34. The van der Waals surface area contributed by atoms with E-state index in [1.54, 1.807) is 10.4 Å². The summed E-state index contributed by atoms with van der Waals surface area (Å²) < 4.78 is 28.1. The molecule has 21 heavy (non-hydrogen) atoms. The number of hydrogen-bond donors (Lipinski definition) is 0. The van der Waals surface area contributed by atoms with E-state index in [4.69, 9.17) is 11.6 Å². The highest BCUT2D eigenvalue weighted by molar-refractivity contribution is 9.11. The zero-order valence-electron chi connectivity index (χ0n) is 11.6. The van der Waals surface area contributed by atoms with Crippen molar-refractivity contribution in [1.82, 2.24) is 9.21 Å². The maximum atomic E-state index is 12.8. The lowest BCUT2D eigenvalue weighted by Gasteiger charge is -2.36. The van der Waals surface area contributed by atoms with Gasteiger partial charge in [-0.15, -0.1) is 11.3 Å². The Kier molecular flexibility index (Phi) is 4.98. The van der Waals surface area contributed by atoms with Crippen LogP contribution >= 0.6 is 38.9 Å². The van der Waals surface area contributed by atoms with E-state index in [1.807, 2.05) is 0 Å². The van der Waals surface area contributed by atoms with Gasteiger partial charge < -0.3 is 0 Å². The van der Waals surface area contributed by atoms with Crippen LogP contribution in [0.25, 0.3) is 0 Å². The monoisotopic (exact) mass is 412 g/mol. The Balaban J connectivity index is 1.78. The predicted molar refractivity (Wildman–Crippen MR) is 89.6 cm³/mol. The second-order valence-electron chi connectivity index (χ2n) is 5.59. The summed E-state index contributed by atoms with van der Waals surface area (Å²) in [6.07, 6.45) is 4.50. The van der Waals surface area contributed by atoms with Crippen molar-refractivity contribution in [3.63, 3.8) is 0 Å². The quantitative estimate of drug-likeness (QED) is 0.762. The average Bonchev–Trinajstić information content (AvgIpc) is 3.10. The summed E-state index contributed by atoms with van der Waals surface area (Å²) in [4.78, 5) is 2.44. The molecule has 2 aliphatic rings. The Morgan fingerprint density at radius 1 is 1.24 bits per heavy atom. The zero-order valence-corrected chi connectivity index (χ0v) is 15.6. The van der Waals surface area contributed by atoms with Gasteiger partial charge in [-0.1, -0.05) is 11.6 Å². The van der Waals surface area contributed by atoms with Gasteiger partial charge in [0, 0.05) is 19.1 Å². The van der Waals surface area contributed by atoms with Crippen molar-refractivity contribution in [2.45, 2.75) is 35.9 Å². The molecule has 3 heterocycles. The number of rotatable bonds is 3. The molecule has 4 nitrogen and oxygen atoms in total. The topological polar surface area (TPSA) is 40.6 Å². The minimum Gasteiger partial charge on any atom is -0.299 e. The van der Waals surface area contributed by atoms with E-state index in [1.165, 1.54) is 24.2 Å². The molecule has 0 N–H and O–H groups in total. The smallest absolute Gasteiger partial charge is 0.252 e. The fourth-order valence-electron chi connectivity index (χ4n) is 3.13. The zero-order chi connectivity index (χ0) is 15.0. The average molecular weight is 414 g/mol. The molecule has 0 aliphatic carbocycles. The molecule has 1 unspecified atom stereocenters. The second-order valence-corrected chi connectivity index (χ2v) is 10.5. The number of piperidine rings is 1. The third-order valence-electron chi connectivity index (χ3n) is 4.23. The van der Waals surface area contributed by atoms with Crippen molar-refractivity contribution in [2.75, 3.05) is 26.2 Å². The Hall–Kier alpha value is 0.340. The summed E-state index contributed by atoms with van der Waals surface area (Å²) in [6.45, 7) is 3.43. The van der Waals surface area contributed by atoms with Gasteiger partial charge in [0.15, 0.2) is 0 Å². The van der Waals surface area contributed by atoms with Crippen LogP contribution in [0.3, 0.4) is 0 Å². The van der Waals surface area contributed by atoms with Gasteiger partial charge in [0.05, 0.1) is 8.81 Å². The summed E-state index contributed by atoms with van der Waals surface area (Å²) in [5.41, 5.74) is 0. The van der Waals surface area contributed by atoms with Gasteiger partial charge in [0.25, 0.3) is 10.0 Å². The van der Waals surface area contributed by atoms with Crippen molar-refractivity contribution in [3.8, 4) is 0 Å². The molecule has 3 rings (SSSR count). The molecule has 0 bridgehead atoms. The van der Waals surface area contributed by atoms with Crippen molar-refractivity contribution in [3.05, 3.63) is 14.9 Å². The molecule has 1 aromatic heterocycles. The van der Waals surface area contributed by atoms with Gasteiger partial charge in [-0.25, -0.2) is 8.42 Å². The number of thiophene rings is 1. The van der Waals surface area contributed by atoms with Gasteiger partial charge in [0.1, 0.15) is 4.21 Å². The fraction of sp³-hybridized carbons (Fsp3) is 0.692. The first-order valence-corrected chi connectivity index (χ1v) is 10.6. The third-order valence-corrected chi connectivity index (χ3v) is 9.02. The van der Waals surface area contributed by atoms with Crippen molar-refractivity contribution in [2.24, 2.45) is 0 Å². The number of sulfonamides is 1. The first-order chi connectivity index (χ1) is 9.98. The van der Waals surface area contributed by atoms with Crippen LogP contribution in [0.2, 0.25) is 5.02 Å². The van der Waals surface area contributed by atoms with Crippen LogP contribution in [0.15, 0.2) is 14.1 Å². The summed E-state index contributed by atoms with van der Waals surface area (Å²) in [5.74, 6) is 0. The van der Waals surface area contributed by atoms with Crippen LogP contribution in [0.4, 0.5) is 0 Å². The van der Waals surface area contributed by atoms with Crippen LogP contribution in [0.1, 0.15) is 25.7 Å². The standard InChI is InChI=1S/C13H18BrClN2O2S2/c14-13-11(15)8-12(20-13)21(18,19)17-7-3-4-10(9-17)16-5-1-2-6-16/h8,10H,1-7,9H2. The lowest BCUT2D eigenvalue weighted by atomic mass is 10.1. The van der Waals surface area contributed by atoms with Gasteiger partial charge in [0.2, 0.25) is 0 Å². The summed E-state index contributed by atoms with van der Waals surface area (Å²) in [5, 5.41) is 0.465. The molecule has 1 aromatic rings. The lowest BCUT2D eigenvalue weighted by molar-refractivity contribution is 0.162. The molecule has 0 amide bonds. The SMILES string of the molecule is O=S(=O)(c1cc(Cl)c(Br)s1)N1CCCC(N2CCCC2)C1. The Morgan fingerprint density at radius 3 is 2.57 bits per heavy atom. The molecule has 0 aromatic carbocycles. The van der Waals surface area contributed by atoms with Crippen LogP contribution < -0.4 is 0 Å². The van der Waals surface area contributed by atoms with Crippen molar-refractivity contribution < 1.29 is 8.42 Å². The summed E-state index contributed by atoms with van der Waals surface area (Å²) >= 11 is 10.5. The van der Waals surface area contributed by atoms with Crippen molar-refractivity contribution in [1.29, 1.82) is 0 Å². The maximum Gasteiger partial charge on any atom is 0.252 e. The Labute approximate surface area is 143 Å². The first kappa shape index (κ1) is 16.2. The first-order valence-electron chi connectivity index (χ1n) is 7.17. The van der Waals surface area contributed by atoms with Crippen molar-refractivity contribution >= 4 is 48.9 Å². The van der Waals surface area contributed by atoms with Crippen LogP contribution in [0.5, 0.6) is 0 Å². The highest BCUT2D eigenvalue weighted by Crippen LogP contribution is 2.36. The van der Waals surface area contributed by atoms with Crippen LogP contribution in [0, 0.1) is 0 Å². The minimum atomic E-state index is -3.42. The highest BCUT2D eigenvalue weighted by atomic mass is 79.9. The molecule has 0 saturated carbocycles. The molecular formula is C13H18BrClN2O2S2. The molecule has 2 aliphatic heterocycles. The largest absolute Gasteiger partial charge is 0.299 e. The molecule has 0 radical (unpaired) electrons. The van der Waals surface area contributed by atoms with Gasteiger partial charge >= 0.3 is 0 Å².